The molecule has 0 amide bonds. The molecular weight excluding hydrogens is 218 g/mol. The second-order valence-corrected chi connectivity index (χ2v) is 5.62. The Morgan fingerprint density at radius 3 is 2.94 bits per heavy atom. The fourth-order valence-corrected chi connectivity index (χ4v) is 2.93. The molecule has 0 N–H and O–H groups in total. The van der Waals surface area contributed by atoms with Crippen LogP contribution in [0.4, 0.5) is 0 Å². The Kier molecular flexibility index (Phi) is 7.50. The van der Waals surface area contributed by atoms with Crippen LogP contribution in [0.5, 0.6) is 0 Å². The van der Waals surface area contributed by atoms with Gasteiger partial charge < -0.3 is 9.64 Å². The monoisotopic (exact) mass is 245 g/mol. The van der Waals surface area contributed by atoms with E-state index >= 15 is 0 Å². The van der Waals surface area contributed by atoms with Gasteiger partial charge in [0.2, 0.25) is 0 Å². The molecule has 0 aromatic heterocycles. The summed E-state index contributed by atoms with van der Waals surface area (Å²) >= 11 is 4.29. The van der Waals surface area contributed by atoms with Gasteiger partial charge in [0.25, 0.3) is 0 Å². The summed E-state index contributed by atoms with van der Waals surface area (Å²) < 4.78 is 5.26. The van der Waals surface area contributed by atoms with Crippen molar-refractivity contribution in [1.29, 1.82) is 0 Å². The number of methoxy groups -OCH3 is 1. The smallest absolute Gasteiger partial charge is 0.0502 e. The average molecular weight is 245 g/mol. The SMILES string of the molecule is COCC1CCCN(CCC(C)CCS)C1. The predicted molar refractivity (Wildman–Crippen MR) is 73.3 cm³/mol. The molecule has 16 heavy (non-hydrogen) atoms. The van der Waals surface area contributed by atoms with Crippen molar-refractivity contribution < 1.29 is 4.74 Å². The minimum absolute atomic E-state index is 0.763. The van der Waals surface area contributed by atoms with Crippen LogP contribution in [0.25, 0.3) is 0 Å². The summed E-state index contributed by atoms with van der Waals surface area (Å²) in [6, 6.07) is 0. The van der Waals surface area contributed by atoms with Crippen LogP contribution in [-0.2, 0) is 4.74 Å². The van der Waals surface area contributed by atoms with E-state index in [0.29, 0.717) is 0 Å². The molecule has 0 radical (unpaired) electrons. The second kappa shape index (κ2) is 8.37. The van der Waals surface area contributed by atoms with Gasteiger partial charge in [-0.3, -0.25) is 0 Å². The molecule has 1 heterocycles. The lowest BCUT2D eigenvalue weighted by Crippen LogP contribution is -2.38. The number of hydrogen-bond acceptors (Lipinski definition) is 3. The van der Waals surface area contributed by atoms with Crippen molar-refractivity contribution in [3.05, 3.63) is 0 Å². The standard InChI is InChI=1S/C13H27NOS/c1-12(6-9-16)5-8-14-7-3-4-13(10-14)11-15-2/h12-13,16H,3-11H2,1-2H3. The summed E-state index contributed by atoms with van der Waals surface area (Å²) in [5.41, 5.74) is 0. The maximum absolute atomic E-state index is 5.26. The van der Waals surface area contributed by atoms with E-state index in [1.807, 2.05) is 7.11 Å². The second-order valence-electron chi connectivity index (χ2n) is 5.17. The minimum Gasteiger partial charge on any atom is -0.384 e. The van der Waals surface area contributed by atoms with E-state index in [0.717, 1.165) is 24.2 Å². The summed E-state index contributed by atoms with van der Waals surface area (Å²) in [4.78, 5) is 2.61. The molecule has 0 spiro atoms. The van der Waals surface area contributed by atoms with Crippen molar-refractivity contribution in [3.63, 3.8) is 0 Å². The van der Waals surface area contributed by atoms with Crippen molar-refractivity contribution in [2.75, 3.05) is 39.1 Å². The molecule has 3 heteroatoms. The number of piperidine rings is 1. The highest BCUT2D eigenvalue weighted by molar-refractivity contribution is 7.80. The van der Waals surface area contributed by atoms with Gasteiger partial charge in [-0.1, -0.05) is 6.92 Å². The van der Waals surface area contributed by atoms with Gasteiger partial charge in [0.05, 0.1) is 6.61 Å². The number of thiol groups is 1. The maximum Gasteiger partial charge on any atom is 0.0502 e. The third kappa shape index (κ3) is 5.55. The first-order valence-corrected chi connectivity index (χ1v) is 7.21. The molecule has 96 valence electrons. The van der Waals surface area contributed by atoms with Gasteiger partial charge in [-0.25, -0.2) is 0 Å². The molecule has 2 unspecified atom stereocenters. The molecule has 1 aliphatic rings. The van der Waals surface area contributed by atoms with Crippen LogP contribution in [0.2, 0.25) is 0 Å². The lowest BCUT2D eigenvalue weighted by molar-refractivity contribution is 0.0881. The summed E-state index contributed by atoms with van der Waals surface area (Å²) in [6.45, 7) is 7.06. The first-order chi connectivity index (χ1) is 7.76. The van der Waals surface area contributed by atoms with Crippen molar-refractivity contribution in [2.45, 2.75) is 32.6 Å². The van der Waals surface area contributed by atoms with E-state index in [1.54, 1.807) is 0 Å². The molecule has 2 nitrogen and oxygen atoms in total. The van der Waals surface area contributed by atoms with Crippen molar-refractivity contribution in [3.8, 4) is 0 Å². The average Bonchev–Trinajstić information content (AvgIpc) is 2.28. The molecule has 0 aromatic rings. The van der Waals surface area contributed by atoms with E-state index in [1.165, 1.54) is 45.3 Å². The first kappa shape index (κ1) is 14.3. The van der Waals surface area contributed by atoms with Crippen LogP contribution in [0, 0.1) is 11.8 Å². The highest BCUT2D eigenvalue weighted by Crippen LogP contribution is 2.18. The zero-order valence-corrected chi connectivity index (χ0v) is 11.7. The van der Waals surface area contributed by atoms with Gasteiger partial charge in [0.1, 0.15) is 0 Å². The summed E-state index contributed by atoms with van der Waals surface area (Å²) in [5.74, 6) is 2.60. The predicted octanol–water partition coefficient (Wildman–Crippen LogP) is 2.69. The van der Waals surface area contributed by atoms with Gasteiger partial charge in [0.15, 0.2) is 0 Å². The van der Waals surface area contributed by atoms with Gasteiger partial charge in [-0.15, -0.1) is 0 Å². The van der Waals surface area contributed by atoms with E-state index in [2.05, 4.69) is 24.5 Å². The van der Waals surface area contributed by atoms with Crippen LogP contribution >= 0.6 is 12.6 Å². The molecule has 2 atom stereocenters. The number of likely N-dealkylation sites (tertiary alicyclic amines) is 1. The molecule has 0 bridgehead atoms. The van der Waals surface area contributed by atoms with Gasteiger partial charge in [0, 0.05) is 13.7 Å². The van der Waals surface area contributed by atoms with Crippen molar-refractivity contribution >= 4 is 12.6 Å². The van der Waals surface area contributed by atoms with E-state index in [4.69, 9.17) is 4.74 Å². The molecule has 0 aliphatic carbocycles. The number of rotatable bonds is 7. The lowest BCUT2D eigenvalue weighted by Gasteiger charge is -2.32. The fourth-order valence-electron chi connectivity index (χ4n) is 2.49. The van der Waals surface area contributed by atoms with Gasteiger partial charge in [-0.05, 0) is 56.4 Å². The molecule has 1 aliphatic heterocycles. The van der Waals surface area contributed by atoms with E-state index in [-0.39, 0.29) is 0 Å². The Morgan fingerprint density at radius 2 is 2.25 bits per heavy atom. The maximum atomic E-state index is 5.26. The van der Waals surface area contributed by atoms with Gasteiger partial charge >= 0.3 is 0 Å². The summed E-state index contributed by atoms with van der Waals surface area (Å²) in [5, 5.41) is 0. The normalized spacial score (nSPS) is 24.6. The van der Waals surface area contributed by atoms with Gasteiger partial charge in [-0.2, -0.15) is 12.6 Å². The number of hydrogen-bond donors (Lipinski definition) is 1. The number of nitrogens with zero attached hydrogens (tertiary/aromatic N) is 1. The Hall–Kier alpha value is 0.270. The Labute approximate surface area is 106 Å². The van der Waals surface area contributed by atoms with Crippen LogP contribution in [0.3, 0.4) is 0 Å². The van der Waals surface area contributed by atoms with E-state index < -0.39 is 0 Å². The van der Waals surface area contributed by atoms with Crippen LogP contribution in [-0.4, -0.2) is 44.0 Å². The Morgan fingerprint density at radius 1 is 1.44 bits per heavy atom. The topological polar surface area (TPSA) is 12.5 Å². The number of ether oxygens (including phenoxy) is 1. The highest BCUT2D eigenvalue weighted by Gasteiger charge is 2.19. The lowest BCUT2D eigenvalue weighted by atomic mass is 9.97. The summed E-state index contributed by atoms with van der Waals surface area (Å²) in [6.07, 6.45) is 5.25. The van der Waals surface area contributed by atoms with Crippen molar-refractivity contribution in [2.24, 2.45) is 11.8 Å². The summed E-state index contributed by atoms with van der Waals surface area (Å²) in [7, 11) is 1.81. The molecule has 1 fully saturated rings. The third-order valence-electron chi connectivity index (χ3n) is 3.57. The van der Waals surface area contributed by atoms with Crippen LogP contribution in [0.15, 0.2) is 0 Å². The largest absolute Gasteiger partial charge is 0.384 e. The minimum atomic E-state index is 0.763. The third-order valence-corrected chi connectivity index (χ3v) is 3.82. The van der Waals surface area contributed by atoms with Crippen LogP contribution < -0.4 is 0 Å². The molecular formula is C13H27NOS. The van der Waals surface area contributed by atoms with Crippen molar-refractivity contribution in [1.82, 2.24) is 4.90 Å². The van der Waals surface area contributed by atoms with E-state index in [9.17, 15) is 0 Å². The first-order valence-electron chi connectivity index (χ1n) is 6.58. The molecule has 1 rings (SSSR count). The molecule has 1 saturated heterocycles. The Balaban J connectivity index is 2.16. The zero-order chi connectivity index (χ0) is 11.8. The quantitative estimate of drug-likeness (QED) is 0.692. The fraction of sp³-hybridized carbons (Fsp3) is 1.00. The molecule has 0 aromatic carbocycles. The zero-order valence-electron chi connectivity index (χ0n) is 10.8. The van der Waals surface area contributed by atoms with Crippen LogP contribution in [0.1, 0.15) is 32.6 Å². The Bertz CT molecular complexity index is 175. The highest BCUT2D eigenvalue weighted by atomic mass is 32.1. The molecule has 0 saturated carbocycles.